The highest BCUT2D eigenvalue weighted by atomic mass is 16.5. The van der Waals surface area contributed by atoms with Crippen LogP contribution in [0.25, 0.3) is 10.9 Å². The zero-order chi connectivity index (χ0) is 18.5. The van der Waals surface area contributed by atoms with E-state index in [0.717, 1.165) is 5.39 Å². The lowest BCUT2D eigenvalue weighted by molar-refractivity contribution is -0.128. The lowest BCUT2D eigenvalue weighted by Crippen LogP contribution is -2.51. The maximum Gasteiger partial charge on any atom is 0.252 e. The molecular weight excluding hydrogens is 338 g/mol. The van der Waals surface area contributed by atoms with Gasteiger partial charge in [0.25, 0.3) is 5.91 Å². The summed E-state index contributed by atoms with van der Waals surface area (Å²) in [5, 5.41) is 3.65. The Hall–Kier alpha value is -2.71. The van der Waals surface area contributed by atoms with E-state index in [2.05, 4.69) is 10.3 Å². The van der Waals surface area contributed by atoms with Gasteiger partial charge in [-0.1, -0.05) is 18.2 Å². The van der Waals surface area contributed by atoms with Crippen molar-refractivity contribution in [3.8, 4) is 5.88 Å². The Morgan fingerprint density at radius 2 is 2.19 bits per heavy atom. The number of fused-ring (bicyclic) bond motifs is 1. The molecule has 1 aliphatic heterocycles. The van der Waals surface area contributed by atoms with E-state index in [-0.39, 0.29) is 24.7 Å². The van der Waals surface area contributed by atoms with E-state index in [4.69, 9.17) is 19.9 Å². The number of carbonyl (C=O) groups excluding carboxylic acids is 2. The molecule has 1 saturated heterocycles. The van der Waals surface area contributed by atoms with Gasteiger partial charge in [-0.2, -0.15) is 0 Å². The van der Waals surface area contributed by atoms with E-state index >= 15 is 0 Å². The summed E-state index contributed by atoms with van der Waals surface area (Å²) >= 11 is 0. The topological polar surface area (TPSA) is 113 Å². The maximum absolute atomic E-state index is 12.9. The summed E-state index contributed by atoms with van der Waals surface area (Å²) in [5.74, 6) is -0.480. The van der Waals surface area contributed by atoms with Crippen LogP contribution in [0.4, 0.5) is 0 Å². The summed E-state index contributed by atoms with van der Waals surface area (Å²) in [6.07, 6.45) is 0.230. The van der Waals surface area contributed by atoms with E-state index in [0.29, 0.717) is 36.6 Å². The number of nitrogens with two attached hydrogens (primary N) is 1. The van der Waals surface area contributed by atoms with Crippen molar-refractivity contribution in [1.29, 1.82) is 0 Å². The number of carbonyl (C=O) groups is 2. The van der Waals surface area contributed by atoms with Crippen LogP contribution < -0.4 is 15.8 Å². The van der Waals surface area contributed by atoms with Gasteiger partial charge in [-0.15, -0.1) is 0 Å². The number of nitrogens with zero attached hydrogens (tertiary/aromatic N) is 1. The molecule has 0 unspecified atom stereocenters. The third kappa shape index (κ3) is 4.09. The molecule has 2 aromatic rings. The Morgan fingerprint density at radius 3 is 2.96 bits per heavy atom. The van der Waals surface area contributed by atoms with Gasteiger partial charge in [-0.3, -0.25) is 9.59 Å². The van der Waals surface area contributed by atoms with E-state index in [9.17, 15) is 9.59 Å². The molecule has 2 atom stereocenters. The molecule has 3 N–H and O–H groups in total. The number of aromatic nitrogens is 1. The van der Waals surface area contributed by atoms with Crippen molar-refractivity contribution in [2.45, 2.75) is 18.6 Å². The largest absolute Gasteiger partial charge is 0.481 e. The number of hydrogen-bond donors (Lipinski definition) is 2. The first-order chi connectivity index (χ1) is 12.6. The third-order valence-electron chi connectivity index (χ3n) is 4.20. The Kier molecular flexibility index (Phi) is 5.65. The van der Waals surface area contributed by atoms with Gasteiger partial charge in [0.15, 0.2) is 0 Å². The summed E-state index contributed by atoms with van der Waals surface area (Å²) in [5.41, 5.74) is 6.25. The van der Waals surface area contributed by atoms with Crippen molar-refractivity contribution < 1.29 is 23.8 Å². The molecule has 8 heteroatoms. The molecule has 1 aromatic heterocycles. The maximum atomic E-state index is 12.9. The number of pyridine rings is 1. The van der Waals surface area contributed by atoms with Gasteiger partial charge in [-0.05, 0) is 12.5 Å². The quantitative estimate of drug-likeness (QED) is 0.782. The molecule has 0 spiro atoms. The molecule has 8 nitrogen and oxygen atoms in total. The standard InChI is InChI=1S/C18H21N3O5/c1-24-17-8-12(11-4-2-3-5-13(11)20-17)18(23)21-14-9-25-7-6-15(14)26-10-16(19)22/h2-5,8,14-15H,6-7,9-10H2,1H3,(H2,19,22)(H,21,23)/t14-,15+/m1/s1. The second kappa shape index (κ2) is 8.11. The minimum absolute atomic E-state index is 0.191. The molecule has 1 aliphatic rings. The summed E-state index contributed by atoms with van der Waals surface area (Å²) in [4.78, 5) is 28.2. The first-order valence-electron chi connectivity index (χ1n) is 8.30. The molecular formula is C18H21N3O5. The van der Waals surface area contributed by atoms with Crippen LogP contribution in [0.2, 0.25) is 0 Å². The van der Waals surface area contributed by atoms with Crippen molar-refractivity contribution in [3.63, 3.8) is 0 Å². The molecule has 3 rings (SSSR count). The van der Waals surface area contributed by atoms with Crippen molar-refractivity contribution in [2.24, 2.45) is 5.73 Å². The number of ether oxygens (including phenoxy) is 3. The van der Waals surface area contributed by atoms with Gasteiger partial charge in [0.05, 0.1) is 36.9 Å². The number of nitrogens with one attached hydrogen (secondary N) is 1. The molecule has 0 bridgehead atoms. The fourth-order valence-electron chi connectivity index (χ4n) is 2.93. The zero-order valence-electron chi connectivity index (χ0n) is 14.4. The van der Waals surface area contributed by atoms with Crippen LogP contribution in [-0.2, 0) is 14.3 Å². The average Bonchev–Trinajstić information content (AvgIpc) is 2.66. The number of primary amides is 1. The number of methoxy groups -OCH3 is 1. The zero-order valence-corrected chi connectivity index (χ0v) is 14.4. The first kappa shape index (κ1) is 18.1. The summed E-state index contributed by atoms with van der Waals surface area (Å²) in [6.45, 7) is 0.611. The number of rotatable bonds is 6. The van der Waals surface area contributed by atoms with E-state index in [1.54, 1.807) is 6.07 Å². The third-order valence-corrected chi connectivity index (χ3v) is 4.20. The van der Waals surface area contributed by atoms with E-state index in [1.807, 2.05) is 24.3 Å². The normalized spacial score (nSPS) is 19.9. The SMILES string of the molecule is COc1cc(C(=O)N[C@@H]2COCC[C@@H]2OCC(N)=O)c2ccccc2n1. The van der Waals surface area contributed by atoms with Gasteiger partial charge >= 0.3 is 0 Å². The lowest BCUT2D eigenvalue weighted by atomic mass is 10.0. The second-order valence-corrected chi connectivity index (χ2v) is 5.99. The van der Waals surface area contributed by atoms with Crippen LogP contribution in [0.15, 0.2) is 30.3 Å². The number of amides is 2. The number of para-hydroxylation sites is 1. The Bertz CT molecular complexity index is 811. The van der Waals surface area contributed by atoms with Crippen LogP contribution in [-0.4, -0.2) is 55.9 Å². The average molecular weight is 359 g/mol. The van der Waals surface area contributed by atoms with Crippen LogP contribution in [0.1, 0.15) is 16.8 Å². The summed E-state index contributed by atoms with van der Waals surface area (Å²) in [7, 11) is 1.50. The molecule has 0 radical (unpaired) electrons. The highest BCUT2D eigenvalue weighted by molar-refractivity contribution is 6.06. The minimum atomic E-state index is -0.550. The van der Waals surface area contributed by atoms with Gasteiger partial charge < -0.3 is 25.3 Å². The number of hydrogen-bond acceptors (Lipinski definition) is 6. The van der Waals surface area contributed by atoms with Crippen LogP contribution >= 0.6 is 0 Å². The molecule has 0 aliphatic carbocycles. The smallest absolute Gasteiger partial charge is 0.252 e. The monoisotopic (exact) mass is 359 g/mol. The fourth-order valence-corrected chi connectivity index (χ4v) is 2.93. The Morgan fingerprint density at radius 1 is 1.38 bits per heavy atom. The highest BCUT2D eigenvalue weighted by Crippen LogP contribution is 2.22. The van der Waals surface area contributed by atoms with Gasteiger partial charge in [0.2, 0.25) is 11.8 Å². The highest BCUT2D eigenvalue weighted by Gasteiger charge is 2.29. The molecule has 26 heavy (non-hydrogen) atoms. The number of benzene rings is 1. The summed E-state index contributed by atoms with van der Waals surface area (Å²) in [6, 6.07) is 8.55. The predicted octanol–water partition coefficient (Wildman–Crippen LogP) is 0.633. The van der Waals surface area contributed by atoms with Gasteiger partial charge in [-0.25, -0.2) is 4.98 Å². The van der Waals surface area contributed by atoms with Crippen molar-refractivity contribution >= 4 is 22.7 Å². The van der Waals surface area contributed by atoms with Crippen molar-refractivity contribution in [2.75, 3.05) is 26.9 Å². The predicted molar refractivity (Wildman–Crippen MR) is 93.9 cm³/mol. The van der Waals surface area contributed by atoms with E-state index < -0.39 is 5.91 Å². The van der Waals surface area contributed by atoms with Gasteiger partial charge in [0.1, 0.15) is 6.61 Å². The molecule has 0 saturated carbocycles. The first-order valence-corrected chi connectivity index (χ1v) is 8.30. The Labute approximate surface area is 150 Å². The van der Waals surface area contributed by atoms with Crippen molar-refractivity contribution in [1.82, 2.24) is 10.3 Å². The summed E-state index contributed by atoms with van der Waals surface area (Å²) < 4.78 is 16.2. The van der Waals surface area contributed by atoms with E-state index in [1.165, 1.54) is 7.11 Å². The van der Waals surface area contributed by atoms with Crippen molar-refractivity contribution in [3.05, 3.63) is 35.9 Å². The Balaban J connectivity index is 1.82. The minimum Gasteiger partial charge on any atom is -0.481 e. The second-order valence-electron chi connectivity index (χ2n) is 5.99. The molecule has 1 fully saturated rings. The molecule has 138 valence electrons. The van der Waals surface area contributed by atoms with Crippen LogP contribution in [0.5, 0.6) is 5.88 Å². The van der Waals surface area contributed by atoms with Crippen LogP contribution in [0, 0.1) is 0 Å². The molecule has 2 heterocycles. The molecule has 2 amide bonds. The van der Waals surface area contributed by atoms with Gasteiger partial charge in [0, 0.05) is 18.1 Å². The fraction of sp³-hybridized carbons (Fsp3) is 0.389. The lowest BCUT2D eigenvalue weighted by Gasteiger charge is -2.31. The van der Waals surface area contributed by atoms with Crippen LogP contribution in [0.3, 0.4) is 0 Å². The molecule has 1 aromatic carbocycles.